The number of fused-ring (bicyclic) bond motifs is 1. The van der Waals surface area contributed by atoms with Crippen LogP contribution in [-0.4, -0.2) is 33.2 Å². The molecule has 0 aliphatic heterocycles. The van der Waals surface area contributed by atoms with Gasteiger partial charge in [-0.1, -0.05) is 42.5 Å². The van der Waals surface area contributed by atoms with Crippen molar-refractivity contribution in [3.8, 4) is 5.75 Å². The molecule has 4 aromatic rings. The zero-order valence-electron chi connectivity index (χ0n) is 16.9. The molecular formula is C23H19N5O4. The first-order chi connectivity index (χ1) is 15.6. The normalized spacial score (nSPS) is 10.5. The van der Waals surface area contributed by atoms with Gasteiger partial charge in [0.25, 0.3) is 17.4 Å². The van der Waals surface area contributed by atoms with E-state index in [4.69, 9.17) is 4.74 Å². The van der Waals surface area contributed by atoms with Gasteiger partial charge in [0, 0.05) is 11.5 Å². The van der Waals surface area contributed by atoms with E-state index >= 15 is 0 Å². The average Bonchev–Trinajstić information content (AvgIpc) is 2.83. The number of aromatic nitrogens is 3. The molecule has 2 aromatic carbocycles. The van der Waals surface area contributed by atoms with Crippen LogP contribution in [0.5, 0.6) is 5.75 Å². The maximum Gasteiger partial charge on any atom is 0.290 e. The van der Waals surface area contributed by atoms with Crippen LogP contribution < -0.4 is 21.1 Å². The highest BCUT2D eigenvalue weighted by Gasteiger charge is 2.13. The third-order valence-corrected chi connectivity index (χ3v) is 4.53. The van der Waals surface area contributed by atoms with Gasteiger partial charge in [-0.15, -0.1) is 0 Å². The molecule has 0 saturated heterocycles. The van der Waals surface area contributed by atoms with Crippen LogP contribution in [0.4, 0.5) is 0 Å². The second-order valence-corrected chi connectivity index (χ2v) is 6.74. The SMILES string of the molecule is O=C(NNC(=O)c1ccc(=O)n(CCOc2ccccc2)n1)c1ccc2ccccc2n1. The first-order valence-electron chi connectivity index (χ1n) is 9.83. The molecule has 2 heterocycles. The molecule has 160 valence electrons. The monoisotopic (exact) mass is 429 g/mol. The Labute approximate surface area is 182 Å². The van der Waals surface area contributed by atoms with E-state index < -0.39 is 11.8 Å². The Morgan fingerprint density at radius 3 is 2.31 bits per heavy atom. The zero-order chi connectivity index (χ0) is 22.3. The fourth-order valence-electron chi connectivity index (χ4n) is 2.93. The molecule has 4 rings (SSSR count). The van der Waals surface area contributed by atoms with E-state index in [-0.39, 0.29) is 30.1 Å². The molecule has 0 aliphatic rings. The van der Waals surface area contributed by atoms with E-state index in [9.17, 15) is 14.4 Å². The fourth-order valence-corrected chi connectivity index (χ4v) is 2.93. The summed E-state index contributed by atoms with van der Waals surface area (Å²) in [4.78, 5) is 41.0. The van der Waals surface area contributed by atoms with Gasteiger partial charge in [0.05, 0.1) is 12.1 Å². The van der Waals surface area contributed by atoms with E-state index in [1.165, 1.54) is 12.1 Å². The van der Waals surface area contributed by atoms with E-state index in [1.807, 2.05) is 36.4 Å². The number of amides is 2. The van der Waals surface area contributed by atoms with E-state index in [0.29, 0.717) is 11.3 Å². The highest BCUT2D eigenvalue weighted by atomic mass is 16.5. The molecule has 32 heavy (non-hydrogen) atoms. The maximum absolute atomic E-state index is 12.4. The largest absolute Gasteiger partial charge is 0.492 e. The molecule has 0 radical (unpaired) electrons. The van der Waals surface area contributed by atoms with E-state index in [0.717, 1.165) is 10.1 Å². The molecule has 2 amide bonds. The smallest absolute Gasteiger partial charge is 0.290 e. The summed E-state index contributed by atoms with van der Waals surface area (Å²) in [5.41, 5.74) is 5.01. The van der Waals surface area contributed by atoms with Crippen molar-refractivity contribution in [1.29, 1.82) is 0 Å². The molecule has 0 unspecified atom stereocenters. The minimum atomic E-state index is -0.670. The van der Waals surface area contributed by atoms with Crippen molar-refractivity contribution in [2.24, 2.45) is 0 Å². The highest BCUT2D eigenvalue weighted by molar-refractivity contribution is 5.98. The quantitative estimate of drug-likeness (QED) is 0.453. The topological polar surface area (TPSA) is 115 Å². The van der Waals surface area contributed by atoms with Crippen molar-refractivity contribution in [3.05, 3.63) is 101 Å². The van der Waals surface area contributed by atoms with Crippen LogP contribution in [0.2, 0.25) is 0 Å². The number of carbonyl (C=O) groups excluding carboxylic acids is 2. The number of nitrogens with zero attached hydrogens (tertiary/aromatic N) is 3. The summed E-state index contributed by atoms with van der Waals surface area (Å²) in [6, 6.07) is 22.4. The van der Waals surface area contributed by atoms with Gasteiger partial charge in [-0.3, -0.25) is 25.2 Å². The van der Waals surface area contributed by atoms with Crippen molar-refractivity contribution in [1.82, 2.24) is 25.6 Å². The van der Waals surface area contributed by atoms with Crippen LogP contribution in [-0.2, 0) is 6.54 Å². The molecule has 0 fully saturated rings. The Morgan fingerprint density at radius 2 is 1.50 bits per heavy atom. The zero-order valence-corrected chi connectivity index (χ0v) is 16.9. The second-order valence-electron chi connectivity index (χ2n) is 6.74. The Balaban J connectivity index is 1.36. The number of hydrogen-bond acceptors (Lipinski definition) is 6. The van der Waals surface area contributed by atoms with Crippen molar-refractivity contribution in [2.75, 3.05) is 6.61 Å². The molecule has 2 aromatic heterocycles. The standard InChI is InChI=1S/C23H19N5O4/c29-21-13-12-20(27-28(21)14-15-32-17-7-2-1-3-8-17)23(31)26-25-22(30)19-11-10-16-6-4-5-9-18(16)24-19/h1-13H,14-15H2,(H,25,30)(H,26,31). The van der Waals surface area contributed by atoms with Crippen LogP contribution in [0.15, 0.2) is 83.7 Å². The summed E-state index contributed by atoms with van der Waals surface area (Å²) in [6.45, 7) is 0.356. The number of rotatable bonds is 6. The lowest BCUT2D eigenvalue weighted by Gasteiger charge is -2.10. The Hall–Kier alpha value is -4.53. The molecular weight excluding hydrogens is 410 g/mol. The van der Waals surface area contributed by atoms with E-state index in [2.05, 4.69) is 20.9 Å². The average molecular weight is 429 g/mol. The first-order valence-corrected chi connectivity index (χ1v) is 9.83. The summed E-state index contributed by atoms with van der Waals surface area (Å²) >= 11 is 0. The number of hydrogen-bond donors (Lipinski definition) is 2. The number of para-hydroxylation sites is 2. The molecule has 2 N–H and O–H groups in total. The van der Waals surface area contributed by atoms with Gasteiger partial charge in [-0.2, -0.15) is 5.10 Å². The number of benzene rings is 2. The van der Waals surface area contributed by atoms with Gasteiger partial charge >= 0.3 is 0 Å². The number of ether oxygens (including phenoxy) is 1. The van der Waals surface area contributed by atoms with Crippen molar-refractivity contribution >= 4 is 22.7 Å². The molecule has 9 nitrogen and oxygen atoms in total. The Morgan fingerprint density at radius 1 is 0.812 bits per heavy atom. The van der Waals surface area contributed by atoms with Crippen LogP contribution in [0.1, 0.15) is 21.0 Å². The Bertz CT molecular complexity index is 1320. The number of pyridine rings is 1. The summed E-state index contributed by atoms with van der Waals surface area (Å²) in [6.07, 6.45) is 0. The van der Waals surface area contributed by atoms with Gasteiger partial charge in [0.1, 0.15) is 18.1 Å². The van der Waals surface area contributed by atoms with Gasteiger partial charge in [-0.05, 0) is 30.3 Å². The van der Waals surface area contributed by atoms with Gasteiger partial charge in [-0.25, -0.2) is 9.67 Å². The fraction of sp³-hybridized carbons (Fsp3) is 0.0870. The minimum absolute atomic E-state index is 0.0314. The lowest BCUT2D eigenvalue weighted by atomic mass is 10.2. The van der Waals surface area contributed by atoms with Crippen LogP contribution in [0, 0.1) is 0 Å². The van der Waals surface area contributed by atoms with Gasteiger partial charge in [0.2, 0.25) is 0 Å². The lowest BCUT2D eigenvalue weighted by Crippen LogP contribution is -2.43. The highest BCUT2D eigenvalue weighted by Crippen LogP contribution is 2.11. The van der Waals surface area contributed by atoms with Gasteiger partial charge < -0.3 is 4.74 Å². The molecule has 0 spiro atoms. The third kappa shape index (κ3) is 4.96. The van der Waals surface area contributed by atoms with Crippen LogP contribution in [0.25, 0.3) is 10.9 Å². The van der Waals surface area contributed by atoms with Crippen LogP contribution >= 0.6 is 0 Å². The predicted octanol–water partition coefficient (Wildman–Crippen LogP) is 1.95. The van der Waals surface area contributed by atoms with E-state index in [1.54, 1.807) is 30.3 Å². The lowest BCUT2D eigenvalue weighted by molar-refractivity contribution is 0.0840. The molecule has 0 bridgehead atoms. The van der Waals surface area contributed by atoms with Gasteiger partial charge in [0.15, 0.2) is 5.69 Å². The minimum Gasteiger partial charge on any atom is -0.492 e. The Kier molecular flexibility index (Phi) is 6.17. The first kappa shape index (κ1) is 20.7. The van der Waals surface area contributed by atoms with Crippen molar-refractivity contribution < 1.29 is 14.3 Å². The summed E-state index contributed by atoms with van der Waals surface area (Å²) < 4.78 is 6.69. The van der Waals surface area contributed by atoms with Crippen molar-refractivity contribution in [3.63, 3.8) is 0 Å². The molecule has 0 aliphatic carbocycles. The third-order valence-electron chi connectivity index (χ3n) is 4.53. The summed E-state index contributed by atoms with van der Waals surface area (Å²) in [7, 11) is 0. The molecule has 9 heteroatoms. The summed E-state index contributed by atoms with van der Waals surface area (Å²) in [5, 5.41) is 4.94. The number of carbonyl (C=O) groups is 2. The molecule has 0 saturated carbocycles. The van der Waals surface area contributed by atoms with Crippen LogP contribution in [0.3, 0.4) is 0 Å². The van der Waals surface area contributed by atoms with Crippen molar-refractivity contribution in [2.45, 2.75) is 6.54 Å². The summed E-state index contributed by atoms with van der Waals surface area (Å²) in [5.74, 6) is -0.579. The number of nitrogens with one attached hydrogen (secondary N) is 2. The second kappa shape index (κ2) is 9.52. The maximum atomic E-state index is 12.4. The predicted molar refractivity (Wildman–Crippen MR) is 117 cm³/mol. The number of hydrazine groups is 1. The molecule has 0 atom stereocenters.